The second kappa shape index (κ2) is 6.38. The lowest BCUT2D eigenvalue weighted by Crippen LogP contribution is -2.29. The Hall–Kier alpha value is -3.74. The van der Waals surface area contributed by atoms with E-state index in [4.69, 9.17) is 8.94 Å². The summed E-state index contributed by atoms with van der Waals surface area (Å²) in [4.78, 5) is 28.2. The summed E-state index contributed by atoms with van der Waals surface area (Å²) in [6.07, 6.45) is 0. The third-order valence-electron chi connectivity index (χ3n) is 5.53. The van der Waals surface area contributed by atoms with Crippen molar-refractivity contribution in [3.05, 3.63) is 92.3 Å². The van der Waals surface area contributed by atoms with E-state index in [2.05, 4.69) is 5.16 Å². The first-order valence-corrected chi connectivity index (χ1v) is 9.45. The quantitative estimate of drug-likeness (QED) is 0.488. The predicted octanol–water partition coefficient (Wildman–Crippen LogP) is 4.60. The molecular weight excluding hydrogens is 387 g/mol. The minimum atomic E-state index is -0.806. The van der Waals surface area contributed by atoms with Gasteiger partial charge in [-0.3, -0.25) is 14.5 Å². The summed E-state index contributed by atoms with van der Waals surface area (Å²) in [6, 6.07) is 10.0. The summed E-state index contributed by atoms with van der Waals surface area (Å²) >= 11 is 0. The fraction of sp³-hybridized carbons (Fsp3) is 0.174. The van der Waals surface area contributed by atoms with E-state index in [1.807, 2.05) is 13.8 Å². The van der Waals surface area contributed by atoms with Crippen LogP contribution in [0.15, 0.2) is 56.2 Å². The Morgan fingerprint density at radius 1 is 1.00 bits per heavy atom. The number of nitrogens with zero attached hydrogens (tertiary/aromatic N) is 2. The van der Waals surface area contributed by atoms with Crippen molar-refractivity contribution in [1.29, 1.82) is 0 Å². The summed E-state index contributed by atoms with van der Waals surface area (Å²) in [5.41, 5.74) is 2.74. The van der Waals surface area contributed by atoms with Gasteiger partial charge in [-0.25, -0.2) is 4.39 Å². The molecule has 0 spiro atoms. The molecule has 3 heterocycles. The van der Waals surface area contributed by atoms with Gasteiger partial charge < -0.3 is 8.94 Å². The maximum Gasteiger partial charge on any atom is 0.296 e. The maximum atomic E-state index is 13.6. The van der Waals surface area contributed by atoms with Crippen LogP contribution in [0.3, 0.4) is 0 Å². The lowest BCUT2D eigenvalue weighted by molar-refractivity contribution is 0.0969. The zero-order valence-electron chi connectivity index (χ0n) is 16.5. The smallest absolute Gasteiger partial charge is 0.296 e. The van der Waals surface area contributed by atoms with Crippen LogP contribution < -0.4 is 10.3 Å². The topological polar surface area (TPSA) is 76.6 Å². The van der Waals surface area contributed by atoms with E-state index in [1.165, 1.54) is 17.0 Å². The first-order chi connectivity index (χ1) is 14.3. The molecule has 0 fully saturated rings. The van der Waals surface area contributed by atoms with Crippen molar-refractivity contribution >= 4 is 22.7 Å². The van der Waals surface area contributed by atoms with Gasteiger partial charge in [0.05, 0.1) is 17.0 Å². The van der Waals surface area contributed by atoms with Crippen molar-refractivity contribution in [2.45, 2.75) is 26.8 Å². The Bertz CT molecular complexity index is 1390. The minimum absolute atomic E-state index is 0.0364. The molecule has 0 aliphatic carbocycles. The van der Waals surface area contributed by atoms with E-state index in [0.29, 0.717) is 22.3 Å². The lowest BCUT2D eigenvalue weighted by atomic mass is 9.97. The molecule has 1 aliphatic heterocycles. The number of fused-ring (bicyclic) bond motifs is 2. The van der Waals surface area contributed by atoms with E-state index in [-0.39, 0.29) is 22.6 Å². The lowest BCUT2D eigenvalue weighted by Gasteiger charge is -2.22. The van der Waals surface area contributed by atoms with Gasteiger partial charge in [0.15, 0.2) is 11.2 Å². The Kier molecular flexibility index (Phi) is 3.89. The molecule has 30 heavy (non-hydrogen) atoms. The van der Waals surface area contributed by atoms with Crippen molar-refractivity contribution in [1.82, 2.24) is 5.16 Å². The van der Waals surface area contributed by atoms with Gasteiger partial charge >= 0.3 is 0 Å². The van der Waals surface area contributed by atoms with Crippen LogP contribution in [-0.4, -0.2) is 11.1 Å². The van der Waals surface area contributed by atoms with Crippen LogP contribution in [0.25, 0.3) is 11.0 Å². The Morgan fingerprint density at radius 3 is 2.37 bits per heavy atom. The Morgan fingerprint density at radius 2 is 1.70 bits per heavy atom. The molecule has 2 aromatic heterocycles. The van der Waals surface area contributed by atoms with Crippen molar-refractivity contribution in [3.8, 4) is 0 Å². The molecule has 0 saturated heterocycles. The first kappa shape index (κ1) is 18.3. The number of benzene rings is 2. The number of amides is 1. The fourth-order valence-electron chi connectivity index (χ4n) is 3.89. The van der Waals surface area contributed by atoms with Gasteiger partial charge in [-0.2, -0.15) is 0 Å². The second-order valence-corrected chi connectivity index (χ2v) is 7.53. The molecule has 5 rings (SSSR count). The van der Waals surface area contributed by atoms with Crippen LogP contribution in [-0.2, 0) is 0 Å². The molecular formula is C23H17FN2O4. The molecule has 6 nitrogen and oxygen atoms in total. The summed E-state index contributed by atoms with van der Waals surface area (Å²) < 4.78 is 24.6. The van der Waals surface area contributed by atoms with E-state index >= 15 is 0 Å². The molecule has 1 atom stereocenters. The number of aromatic nitrogens is 1. The number of rotatable bonds is 2. The molecule has 0 bridgehead atoms. The highest BCUT2D eigenvalue weighted by Crippen LogP contribution is 2.41. The van der Waals surface area contributed by atoms with Gasteiger partial charge in [0.2, 0.25) is 5.76 Å². The van der Waals surface area contributed by atoms with Gasteiger partial charge in [0.25, 0.3) is 5.91 Å². The highest BCUT2D eigenvalue weighted by molar-refractivity contribution is 6.10. The Balaban J connectivity index is 1.83. The molecule has 1 amide bonds. The van der Waals surface area contributed by atoms with Crippen LogP contribution in [0.2, 0.25) is 0 Å². The molecule has 0 radical (unpaired) electrons. The van der Waals surface area contributed by atoms with Crippen LogP contribution in [0, 0.1) is 26.6 Å². The summed E-state index contributed by atoms with van der Waals surface area (Å²) in [6.45, 7) is 5.53. The molecule has 1 aliphatic rings. The minimum Gasteiger partial charge on any atom is -0.450 e. The standard InChI is InChI=1S/C23H17FN2O4/c1-11-8-16-17(9-12(11)2)29-22-19(21(16)27)20(14-4-6-15(24)7-5-14)26(23(22)28)18-10-13(3)30-25-18/h4-10,20H,1-3H3. The van der Waals surface area contributed by atoms with E-state index in [1.54, 1.807) is 37.3 Å². The number of hydrogen-bond donors (Lipinski definition) is 0. The van der Waals surface area contributed by atoms with Crippen molar-refractivity contribution < 1.29 is 18.1 Å². The monoisotopic (exact) mass is 404 g/mol. The fourth-order valence-corrected chi connectivity index (χ4v) is 3.89. The number of anilines is 1. The molecule has 1 unspecified atom stereocenters. The van der Waals surface area contributed by atoms with Gasteiger partial charge in [0.1, 0.15) is 17.2 Å². The highest BCUT2D eigenvalue weighted by Gasteiger charge is 2.44. The average Bonchev–Trinajstić information content (AvgIpc) is 3.26. The van der Waals surface area contributed by atoms with Gasteiger partial charge in [-0.15, -0.1) is 0 Å². The van der Waals surface area contributed by atoms with Crippen LogP contribution in [0.5, 0.6) is 0 Å². The summed E-state index contributed by atoms with van der Waals surface area (Å²) in [5, 5.41) is 4.36. The molecule has 7 heteroatoms. The van der Waals surface area contributed by atoms with Crippen LogP contribution in [0.4, 0.5) is 10.2 Å². The van der Waals surface area contributed by atoms with Crippen LogP contribution in [0.1, 0.15) is 44.6 Å². The third kappa shape index (κ3) is 2.58. The number of halogens is 1. The molecule has 0 saturated carbocycles. The molecule has 0 N–H and O–H groups in total. The highest BCUT2D eigenvalue weighted by atomic mass is 19.1. The van der Waals surface area contributed by atoms with Crippen LogP contribution >= 0.6 is 0 Å². The van der Waals surface area contributed by atoms with Gasteiger partial charge in [-0.05, 0) is 61.7 Å². The molecule has 150 valence electrons. The average molecular weight is 404 g/mol. The van der Waals surface area contributed by atoms with Crippen molar-refractivity contribution in [3.63, 3.8) is 0 Å². The van der Waals surface area contributed by atoms with E-state index in [9.17, 15) is 14.0 Å². The zero-order chi connectivity index (χ0) is 21.2. The third-order valence-corrected chi connectivity index (χ3v) is 5.53. The zero-order valence-corrected chi connectivity index (χ0v) is 16.5. The largest absolute Gasteiger partial charge is 0.450 e. The Labute approximate surface area is 170 Å². The number of carbonyl (C=O) groups is 1. The number of aryl methyl sites for hydroxylation is 3. The van der Waals surface area contributed by atoms with Gasteiger partial charge in [-0.1, -0.05) is 17.3 Å². The van der Waals surface area contributed by atoms with Crippen molar-refractivity contribution in [2.75, 3.05) is 4.90 Å². The summed E-state index contributed by atoms with van der Waals surface area (Å²) in [7, 11) is 0. The molecule has 4 aromatic rings. The SMILES string of the molecule is Cc1cc(N2C(=O)c3oc4cc(C)c(C)cc4c(=O)c3C2c2ccc(F)cc2)no1. The van der Waals surface area contributed by atoms with Gasteiger partial charge in [0, 0.05) is 6.07 Å². The maximum absolute atomic E-state index is 13.6. The normalized spacial score (nSPS) is 15.8. The van der Waals surface area contributed by atoms with E-state index in [0.717, 1.165) is 11.1 Å². The molecule has 2 aromatic carbocycles. The second-order valence-electron chi connectivity index (χ2n) is 7.53. The summed E-state index contributed by atoms with van der Waals surface area (Å²) in [5.74, 6) is -0.171. The number of hydrogen-bond acceptors (Lipinski definition) is 5. The van der Waals surface area contributed by atoms with Crippen molar-refractivity contribution in [2.24, 2.45) is 0 Å². The first-order valence-electron chi connectivity index (χ1n) is 9.45. The number of carbonyl (C=O) groups excluding carboxylic acids is 1. The van der Waals surface area contributed by atoms with E-state index < -0.39 is 17.8 Å². The predicted molar refractivity (Wildman–Crippen MR) is 108 cm³/mol.